The molecule has 1 aromatic heterocycles. The Morgan fingerprint density at radius 1 is 1.35 bits per heavy atom. The number of nitrogens with zero attached hydrogens (tertiary/aromatic N) is 2. The molecule has 0 bridgehead atoms. The molecule has 9 heteroatoms. The van der Waals surface area contributed by atoms with E-state index in [2.05, 4.69) is 9.82 Å². The number of nitrogen functional groups attached to an aromatic ring is 1. The highest BCUT2D eigenvalue weighted by Gasteiger charge is 2.19. The minimum absolute atomic E-state index is 0.0284. The minimum Gasteiger partial charge on any atom is -0.396 e. The van der Waals surface area contributed by atoms with Gasteiger partial charge in [-0.05, 0) is 18.2 Å². The number of sulfonamides is 1. The lowest BCUT2D eigenvalue weighted by Gasteiger charge is -2.07. The first kappa shape index (κ1) is 14.4. The Kier molecular flexibility index (Phi) is 4.00. The summed E-state index contributed by atoms with van der Waals surface area (Å²) in [5, 5.41) is 3.86. The molecule has 0 fully saturated rings. The van der Waals surface area contributed by atoms with E-state index in [1.165, 1.54) is 17.1 Å². The zero-order chi connectivity index (χ0) is 14.8. The lowest BCUT2D eigenvalue weighted by Crippen LogP contribution is -2.28. The molecule has 0 unspecified atom stereocenters. The zero-order valence-electron chi connectivity index (χ0n) is 10.3. The second-order valence-electron chi connectivity index (χ2n) is 4.01. The molecule has 0 aliphatic heterocycles. The Bertz CT molecular complexity index is 715. The smallest absolute Gasteiger partial charge is 0.243 e. The largest absolute Gasteiger partial charge is 0.396 e. The molecule has 3 N–H and O–H groups in total. The molecule has 0 saturated heterocycles. The van der Waals surface area contributed by atoms with Crippen LogP contribution in [0, 0.1) is 11.6 Å². The maximum atomic E-state index is 13.4. The van der Waals surface area contributed by atoms with Crippen LogP contribution in [0.3, 0.4) is 0 Å². The number of aromatic nitrogens is 2. The molecule has 0 radical (unpaired) electrons. The number of halogens is 2. The van der Waals surface area contributed by atoms with E-state index in [1.807, 2.05) is 0 Å². The van der Waals surface area contributed by atoms with Crippen LogP contribution < -0.4 is 10.5 Å². The molecule has 6 nitrogen and oxygen atoms in total. The summed E-state index contributed by atoms with van der Waals surface area (Å²) in [5.41, 5.74) is 5.90. The maximum Gasteiger partial charge on any atom is 0.243 e. The molecule has 2 rings (SSSR count). The first-order valence-electron chi connectivity index (χ1n) is 5.61. The van der Waals surface area contributed by atoms with Crippen molar-refractivity contribution >= 4 is 15.7 Å². The van der Waals surface area contributed by atoms with Crippen LogP contribution in [-0.2, 0) is 16.6 Å². The van der Waals surface area contributed by atoms with E-state index in [4.69, 9.17) is 5.73 Å². The van der Waals surface area contributed by atoms with Gasteiger partial charge in [0, 0.05) is 12.7 Å². The molecule has 0 spiro atoms. The zero-order valence-corrected chi connectivity index (χ0v) is 11.1. The summed E-state index contributed by atoms with van der Waals surface area (Å²) in [4.78, 5) is -0.725. The first-order valence-corrected chi connectivity index (χ1v) is 7.09. The summed E-state index contributed by atoms with van der Waals surface area (Å²) in [7, 11) is -4.11. The third-order valence-electron chi connectivity index (χ3n) is 2.47. The predicted octanol–water partition coefficient (Wildman–Crippen LogP) is 0.722. The van der Waals surface area contributed by atoms with Crippen LogP contribution in [0.5, 0.6) is 0 Å². The van der Waals surface area contributed by atoms with Crippen molar-refractivity contribution in [3.05, 3.63) is 42.2 Å². The number of rotatable bonds is 5. The summed E-state index contributed by atoms with van der Waals surface area (Å²) < 4.78 is 53.6. The lowest BCUT2D eigenvalue weighted by atomic mass is 10.3. The van der Waals surface area contributed by atoms with E-state index in [9.17, 15) is 17.2 Å². The minimum atomic E-state index is -4.11. The van der Waals surface area contributed by atoms with Crippen LogP contribution >= 0.6 is 0 Å². The SMILES string of the molecule is Nc1cnn(CCNS(=O)(=O)c2cc(F)ccc2F)c1. The van der Waals surface area contributed by atoms with Crippen molar-refractivity contribution in [2.75, 3.05) is 12.3 Å². The van der Waals surface area contributed by atoms with Gasteiger partial charge in [0.15, 0.2) is 0 Å². The van der Waals surface area contributed by atoms with Gasteiger partial charge in [-0.15, -0.1) is 0 Å². The monoisotopic (exact) mass is 302 g/mol. The molecule has 1 heterocycles. The molecule has 0 amide bonds. The average molecular weight is 302 g/mol. The Hall–Kier alpha value is -2.00. The fraction of sp³-hybridized carbons (Fsp3) is 0.182. The topological polar surface area (TPSA) is 90.0 Å². The van der Waals surface area contributed by atoms with Gasteiger partial charge >= 0.3 is 0 Å². The number of anilines is 1. The van der Waals surface area contributed by atoms with Crippen LogP contribution in [0.4, 0.5) is 14.5 Å². The van der Waals surface area contributed by atoms with Crippen molar-refractivity contribution < 1.29 is 17.2 Å². The highest BCUT2D eigenvalue weighted by atomic mass is 32.2. The maximum absolute atomic E-state index is 13.4. The Labute approximate surface area is 114 Å². The Morgan fingerprint density at radius 2 is 2.10 bits per heavy atom. The molecular formula is C11H12F2N4O2S. The summed E-state index contributed by atoms with van der Waals surface area (Å²) in [6.07, 6.45) is 2.94. The molecule has 1 aromatic carbocycles. The van der Waals surface area contributed by atoms with Gasteiger partial charge in [-0.1, -0.05) is 0 Å². The Balaban J connectivity index is 2.06. The van der Waals surface area contributed by atoms with Crippen LogP contribution in [0.2, 0.25) is 0 Å². The number of benzene rings is 1. The van der Waals surface area contributed by atoms with Crippen LogP contribution in [-0.4, -0.2) is 24.7 Å². The number of nitrogens with one attached hydrogen (secondary N) is 1. The average Bonchev–Trinajstić information content (AvgIpc) is 2.78. The summed E-state index contributed by atoms with van der Waals surface area (Å²) in [5.74, 6) is -1.84. The third-order valence-corrected chi connectivity index (χ3v) is 3.95. The van der Waals surface area contributed by atoms with Gasteiger partial charge in [0.1, 0.15) is 16.5 Å². The first-order chi connectivity index (χ1) is 9.38. The van der Waals surface area contributed by atoms with Crippen molar-refractivity contribution in [1.29, 1.82) is 0 Å². The molecule has 108 valence electrons. The quantitative estimate of drug-likeness (QED) is 0.851. The number of hydrogen-bond donors (Lipinski definition) is 2. The van der Waals surface area contributed by atoms with Crippen LogP contribution in [0.15, 0.2) is 35.5 Å². The van der Waals surface area contributed by atoms with E-state index in [0.717, 1.165) is 12.1 Å². The third kappa shape index (κ3) is 3.31. The molecule has 0 atom stereocenters. The van der Waals surface area contributed by atoms with Gasteiger partial charge in [-0.25, -0.2) is 21.9 Å². The second-order valence-corrected chi connectivity index (χ2v) is 5.74. The van der Waals surface area contributed by atoms with Crippen LogP contribution in [0.1, 0.15) is 0 Å². The number of hydrogen-bond acceptors (Lipinski definition) is 4. The molecule has 0 aliphatic carbocycles. The highest BCUT2D eigenvalue weighted by Crippen LogP contribution is 2.15. The number of nitrogens with two attached hydrogens (primary N) is 1. The second kappa shape index (κ2) is 5.55. The molecular weight excluding hydrogens is 290 g/mol. The van der Waals surface area contributed by atoms with E-state index in [1.54, 1.807) is 0 Å². The van der Waals surface area contributed by atoms with Gasteiger partial charge in [0.2, 0.25) is 10.0 Å². The van der Waals surface area contributed by atoms with Gasteiger partial charge in [0.05, 0.1) is 18.4 Å². The summed E-state index contributed by atoms with van der Waals surface area (Å²) in [6, 6.07) is 2.24. The van der Waals surface area contributed by atoms with Crippen molar-refractivity contribution in [2.24, 2.45) is 0 Å². The van der Waals surface area contributed by atoms with Crippen molar-refractivity contribution in [3.63, 3.8) is 0 Å². The van der Waals surface area contributed by atoms with E-state index >= 15 is 0 Å². The van der Waals surface area contributed by atoms with E-state index in [0.29, 0.717) is 11.8 Å². The Morgan fingerprint density at radius 3 is 2.75 bits per heavy atom. The van der Waals surface area contributed by atoms with E-state index in [-0.39, 0.29) is 13.1 Å². The lowest BCUT2D eigenvalue weighted by molar-refractivity contribution is 0.537. The van der Waals surface area contributed by atoms with Gasteiger partial charge in [0.25, 0.3) is 0 Å². The van der Waals surface area contributed by atoms with Gasteiger partial charge in [-0.2, -0.15) is 5.10 Å². The van der Waals surface area contributed by atoms with Gasteiger partial charge < -0.3 is 5.73 Å². The fourth-order valence-electron chi connectivity index (χ4n) is 1.56. The summed E-state index contributed by atoms with van der Waals surface area (Å²) >= 11 is 0. The molecule has 0 saturated carbocycles. The van der Waals surface area contributed by atoms with Crippen LogP contribution in [0.25, 0.3) is 0 Å². The normalized spacial score (nSPS) is 11.7. The van der Waals surface area contributed by atoms with Crippen molar-refractivity contribution in [1.82, 2.24) is 14.5 Å². The summed E-state index contributed by atoms with van der Waals surface area (Å²) in [6.45, 7) is 0.187. The van der Waals surface area contributed by atoms with Crippen molar-refractivity contribution in [3.8, 4) is 0 Å². The van der Waals surface area contributed by atoms with E-state index < -0.39 is 26.6 Å². The highest BCUT2D eigenvalue weighted by molar-refractivity contribution is 7.89. The molecule has 20 heavy (non-hydrogen) atoms. The van der Waals surface area contributed by atoms with Gasteiger partial charge in [-0.3, -0.25) is 4.68 Å². The van der Waals surface area contributed by atoms with Crippen molar-refractivity contribution in [2.45, 2.75) is 11.4 Å². The predicted molar refractivity (Wildman–Crippen MR) is 68.2 cm³/mol. The molecule has 0 aliphatic rings. The molecule has 2 aromatic rings. The fourth-order valence-corrected chi connectivity index (χ4v) is 2.67. The standard InChI is InChI=1S/C11H12F2N4O2S/c12-8-1-2-10(13)11(5-8)20(18,19)16-3-4-17-7-9(14)6-15-17/h1-2,5-7,16H,3-4,14H2.